The number of anilines is 1. The summed E-state index contributed by atoms with van der Waals surface area (Å²) in [5, 5.41) is 10.4. The van der Waals surface area contributed by atoms with Crippen LogP contribution in [0.15, 0.2) is 24.3 Å². The number of aliphatic hydroxyl groups is 1. The van der Waals surface area contributed by atoms with Gasteiger partial charge < -0.3 is 10.0 Å². The van der Waals surface area contributed by atoms with Crippen LogP contribution >= 0.6 is 0 Å². The first kappa shape index (κ1) is 16.4. The van der Waals surface area contributed by atoms with Gasteiger partial charge in [-0.05, 0) is 56.6 Å². The first-order chi connectivity index (χ1) is 10.0. The van der Waals surface area contributed by atoms with Gasteiger partial charge in [-0.3, -0.25) is 0 Å². The average molecular weight is 289 g/mol. The van der Waals surface area contributed by atoms with Gasteiger partial charge in [-0.1, -0.05) is 32.0 Å². The zero-order valence-corrected chi connectivity index (χ0v) is 14.0. The van der Waals surface area contributed by atoms with Crippen molar-refractivity contribution >= 4 is 5.69 Å². The van der Waals surface area contributed by atoms with E-state index in [0.717, 1.165) is 31.3 Å². The third-order valence-electron chi connectivity index (χ3n) is 5.22. The molecule has 2 rings (SSSR count). The van der Waals surface area contributed by atoms with Crippen LogP contribution < -0.4 is 4.90 Å². The number of aliphatic hydroxyl groups excluding tert-OH is 1. The summed E-state index contributed by atoms with van der Waals surface area (Å²) >= 11 is 0. The minimum atomic E-state index is -0.127. The highest BCUT2D eigenvalue weighted by Gasteiger charge is 2.31. The Bertz CT molecular complexity index is 443. The van der Waals surface area contributed by atoms with E-state index < -0.39 is 0 Å². The second-order valence-electron chi connectivity index (χ2n) is 6.97. The number of hydrogen-bond acceptors (Lipinski definition) is 2. The normalized spacial score (nSPS) is 26.1. The Balaban J connectivity index is 2.08. The van der Waals surface area contributed by atoms with Crippen molar-refractivity contribution in [1.82, 2.24) is 0 Å². The van der Waals surface area contributed by atoms with Crippen LogP contribution in [0.5, 0.6) is 0 Å². The molecule has 3 unspecified atom stereocenters. The van der Waals surface area contributed by atoms with Crippen LogP contribution in [0.1, 0.15) is 45.6 Å². The highest BCUT2D eigenvalue weighted by atomic mass is 16.3. The van der Waals surface area contributed by atoms with E-state index in [4.69, 9.17) is 0 Å². The van der Waals surface area contributed by atoms with Crippen LogP contribution in [-0.4, -0.2) is 24.3 Å². The molecule has 1 fully saturated rings. The van der Waals surface area contributed by atoms with Gasteiger partial charge in [-0.15, -0.1) is 0 Å². The fourth-order valence-electron chi connectivity index (χ4n) is 3.69. The number of benzene rings is 1. The standard InChI is InChI=1S/C19H31NO/c1-5-20(18-9-7-6-8-15(18)4)13-17-12-16(14(2)3)10-11-19(17)21/h6-9,14,16-17,19,21H,5,10-13H2,1-4H3. The quantitative estimate of drug-likeness (QED) is 0.875. The Kier molecular flexibility index (Phi) is 5.69. The highest BCUT2D eigenvalue weighted by molar-refractivity contribution is 5.52. The summed E-state index contributed by atoms with van der Waals surface area (Å²) in [6, 6.07) is 8.58. The molecule has 0 bridgehead atoms. The topological polar surface area (TPSA) is 23.5 Å². The second-order valence-corrected chi connectivity index (χ2v) is 6.97. The predicted octanol–water partition coefficient (Wildman–Crippen LogP) is 4.25. The molecule has 0 heterocycles. The molecule has 0 aromatic heterocycles. The number of hydrogen-bond donors (Lipinski definition) is 1. The van der Waals surface area contributed by atoms with Gasteiger partial charge in [0.2, 0.25) is 0 Å². The molecule has 0 aliphatic heterocycles. The van der Waals surface area contributed by atoms with Crippen LogP contribution in [0, 0.1) is 24.7 Å². The number of nitrogens with zero attached hydrogens (tertiary/aromatic N) is 1. The Morgan fingerprint density at radius 1 is 1.24 bits per heavy atom. The summed E-state index contributed by atoms with van der Waals surface area (Å²) in [5.41, 5.74) is 2.64. The molecule has 2 nitrogen and oxygen atoms in total. The lowest BCUT2D eigenvalue weighted by Crippen LogP contribution is -2.40. The predicted molar refractivity (Wildman–Crippen MR) is 90.7 cm³/mol. The monoisotopic (exact) mass is 289 g/mol. The van der Waals surface area contributed by atoms with Gasteiger partial charge in [0.1, 0.15) is 0 Å². The minimum absolute atomic E-state index is 0.127. The summed E-state index contributed by atoms with van der Waals surface area (Å²) in [6.07, 6.45) is 3.20. The molecule has 21 heavy (non-hydrogen) atoms. The van der Waals surface area contributed by atoms with Gasteiger partial charge in [0.15, 0.2) is 0 Å². The van der Waals surface area contributed by atoms with Gasteiger partial charge in [0.05, 0.1) is 6.10 Å². The van der Waals surface area contributed by atoms with Crippen LogP contribution in [-0.2, 0) is 0 Å². The largest absolute Gasteiger partial charge is 0.393 e. The lowest BCUT2D eigenvalue weighted by molar-refractivity contribution is 0.0410. The van der Waals surface area contributed by atoms with E-state index in [9.17, 15) is 5.11 Å². The molecule has 1 N–H and O–H groups in total. The molecule has 1 aromatic carbocycles. The Morgan fingerprint density at radius 2 is 1.95 bits per heavy atom. The van der Waals surface area contributed by atoms with Crippen molar-refractivity contribution in [1.29, 1.82) is 0 Å². The molecule has 2 heteroatoms. The van der Waals surface area contributed by atoms with E-state index >= 15 is 0 Å². The summed E-state index contributed by atoms with van der Waals surface area (Å²) in [7, 11) is 0. The Labute approximate surface area is 130 Å². The fourth-order valence-corrected chi connectivity index (χ4v) is 3.69. The highest BCUT2D eigenvalue weighted by Crippen LogP contribution is 2.35. The smallest absolute Gasteiger partial charge is 0.0585 e. The molecule has 0 amide bonds. The summed E-state index contributed by atoms with van der Waals surface area (Å²) in [5.74, 6) is 1.91. The lowest BCUT2D eigenvalue weighted by atomic mass is 9.74. The lowest BCUT2D eigenvalue weighted by Gasteiger charge is -2.38. The second kappa shape index (κ2) is 7.31. The van der Waals surface area contributed by atoms with E-state index in [1.807, 2.05) is 0 Å². The van der Waals surface area contributed by atoms with E-state index in [1.165, 1.54) is 24.1 Å². The average Bonchev–Trinajstić information content (AvgIpc) is 2.47. The van der Waals surface area contributed by atoms with Crippen molar-refractivity contribution < 1.29 is 5.11 Å². The van der Waals surface area contributed by atoms with Crippen LogP contribution in [0.3, 0.4) is 0 Å². The molecule has 1 aliphatic carbocycles. The molecule has 0 spiro atoms. The molecular formula is C19H31NO. The fraction of sp³-hybridized carbons (Fsp3) is 0.684. The van der Waals surface area contributed by atoms with Crippen LogP contribution in [0.25, 0.3) is 0 Å². The molecule has 3 atom stereocenters. The van der Waals surface area contributed by atoms with Gasteiger partial charge in [0.25, 0.3) is 0 Å². The number of aryl methyl sites for hydroxylation is 1. The first-order valence-electron chi connectivity index (χ1n) is 8.51. The molecule has 1 aliphatic rings. The first-order valence-corrected chi connectivity index (χ1v) is 8.51. The van der Waals surface area contributed by atoms with Crippen molar-refractivity contribution in [2.45, 2.75) is 53.1 Å². The molecular weight excluding hydrogens is 258 g/mol. The van der Waals surface area contributed by atoms with Crippen molar-refractivity contribution in [2.75, 3.05) is 18.0 Å². The van der Waals surface area contributed by atoms with Gasteiger partial charge >= 0.3 is 0 Å². The number of para-hydroxylation sites is 1. The van der Waals surface area contributed by atoms with E-state index in [2.05, 4.69) is 56.9 Å². The van der Waals surface area contributed by atoms with Gasteiger partial charge in [-0.2, -0.15) is 0 Å². The van der Waals surface area contributed by atoms with E-state index in [-0.39, 0.29) is 6.10 Å². The summed E-state index contributed by atoms with van der Waals surface area (Å²) in [6.45, 7) is 11.0. The van der Waals surface area contributed by atoms with Crippen molar-refractivity contribution in [3.63, 3.8) is 0 Å². The molecule has 1 saturated carbocycles. The SMILES string of the molecule is CCN(CC1CC(C(C)C)CCC1O)c1ccccc1C. The molecule has 118 valence electrons. The van der Waals surface area contributed by atoms with E-state index in [1.54, 1.807) is 0 Å². The van der Waals surface area contributed by atoms with Crippen LogP contribution in [0.4, 0.5) is 5.69 Å². The molecule has 1 aromatic rings. The van der Waals surface area contributed by atoms with Crippen molar-refractivity contribution in [2.24, 2.45) is 17.8 Å². The zero-order valence-electron chi connectivity index (χ0n) is 14.0. The summed E-state index contributed by atoms with van der Waals surface area (Å²) in [4.78, 5) is 2.44. The minimum Gasteiger partial charge on any atom is -0.393 e. The van der Waals surface area contributed by atoms with Crippen molar-refractivity contribution in [3.8, 4) is 0 Å². The third kappa shape index (κ3) is 4.00. The Hall–Kier alpha value is -1.02. The third-order valence-corrected chi connectivity index (χ3v) is 5.22. The summed E-state index contributed by atoms with van der Waals surface area (Å²) < 4.78 is 0. The van der Waals surface area contributed by atoms with Gasteiger partial charge in [0, 0.05) is 24.7 Å². The van der Waals surface area contributed by atoms with E-state index in [0.29, 0.717) is 5.92 Å². The molecule has 0 radical (unpaired) electrons. The van der Waals surface area contributed by atoms with Gasteiger partial charge in [-0.25, -0.2) is 0 Å². The maximum Gasteiger partial charge on any atom is 0.0585 e. The maximum absolute atomic E-state index is 10.4. The molecule has 0 saturated heterocycles. The Morgan fingerprint density at radius 3 is 2.57 bits per heavy atom. The van der Waals surface area contributed by atoms with Crippen LogP contribution in [0.2, 0.25) is 0 Å². The van der Waals surface area contributed by atoms with Crippen molar-refractivity contribution in [3.05, 3.63) is 29.8 Å². The number of rotatable bonds is 5. The maximum atomic E-state index is 10.4. The zero-order chi connectivity index (χ0) is 15.4.